The number of piperidine rings is 3. The Morgan fingerprint density at radius 3 is 2.52 bits per heavy atom. The number of aryl methyl sites for hydroxylation is 1. The molecule has 6 rings (SSSR count). The van der Waals surface area contributed by atoms with Crippen LogP contribution in [0.15, 0.2) is 28.8 Å². The molecule has 132 valence electrons. The summed E-state index contributed by atoms with van der Waals surface area (Å²) in [4.78, 5) is 9.63. The van der Waals surface area contributed by atoms with Gasteiger partial charge in [0.2, 0.25) is 5.89 Å². The topological polar surface area (TPSA) is 54.6 Å². The van der Waals surface area contributed by atoms with Gasteiger partial charge in [-0.05, 0) is 54.7 Å². The number of aromatic nitrogens is 2. The first-order valence-corrected chi connectivity index (χ1v) is 9.19. The van der Waals surface area contributed by atoms with Crippen LogP contribution in [-0.4, -0.2) is 53.9 Å². The first-order chi connectivity index (χ1) is 12.2. The van der Waals surface area contributed by atoms with Crippen molar-refractivity contribution in [1.82, 2.24) is 15.0 Å². The first kappa shape index (κ1) is 15.2. The lowest BCUT2D eigenvalue weighted by Crippen LogP contribution is -2.60. The van der Waals surface area contributed by atoms with E-state index < -0.39 is 0 Å². The van der Waals surface area contributed by atoms with Crippen LogP contribution in [-0.2, 0) is 0 Å². The van der Waals surface area contributed by atoms with Crippen LogP contribution in [0, 0.1) is 12.8 Å². The third-order valence-corrected chi connectivity index (χ3v) is 6.31. The van der Waals surface area contributed by atoms with Gasteiger partial charge >= 0.3 is 0 Å². The van der Waals surface area contributed by atoms with Gasteiger partial charge in [-0.25, -0.2) is 0 Å². The number of ether oxygens (including phenoxy) is 1. The Labute approximate surface area is 147 Å². The van der Waals surface area contributed by atoms with Crippen LogP contribution in [0.1, 0.15) is 30.2 Å². The third kappa shape index (κ3) is 2.34. The molecule has 3 atom stereocenters. The van der Waals surface area contributed by atoms with Gasteiger partial charge in [-0.1, -0.05) is 12.1 Å². The maximum absolute atomic E-state index is 5.33. The fourth-order valence-electron chi connectivity index (χ4n) is 5.20. The second kappa shape index (κ2) is 5.73. The summed E-state index contributed by atoms with van der Waals surface area (Å²) < 4.78 is 10.6. The molecule has 25 heavy (non-hydrogen) atoms. The van der Waals surface area contributed by atoms with Gasteiger partial charge in [-0.2, -0.15) is 4.98 Å². The second-order valence-corrected chi connectivity index (χ2v) is 7.50. The van der Waals surface area contributed by atoms with Gasteiger partial charge in [0.15, 0.2) is 0 Å². The molecule has 0 radical (unpaired) electrons. The number of methoxy groups -OCH3 is 1. The van der Waals surface area contributed by atoms with Crippen LogP contribution < -0.4 is 9.64 Å². The molecule has 6 nitrogen and oxygen atoms in total. The zero-order valence-electron chi connectivity index (χ0n) is 14.8. The van der Waals surface area contributed by atoms with Gasteiger partial charge in [0.25, 0.3) is 5.95 Å². The molecule has 1 aromatic carbocycles. The van der Waals surface area contributed by atoms with Gasteiger partial charge < -0.3 is 14.2 Å². The van der Waals surface area contributed by atoms with E-state index in [-0.39, 0.29) is 0 Å². The van der Waals surface area contributed by atoms with Crippen molar-refractivity contribution in [2.75, 3.05) is 31.6 Å². The van der Waals surface area contributed by atoms with Gasteiger partial charge in [0.05, 0.1) is 13.2 Å². The Hall–Kier alpha value is -2.08. The van der Waals surface area contributed by atoms with Crippen molar-refractivity contribution in [3.63, 3.8) is 0 Å². The van der Waals surface area contributed by atoms with Crippen molar-refractivity contribution >= 4 is 5.95 Å². The summed E-state index contributed by atoms with van der Waals surface area (Å²) in [6, 6.07) is 9.61. The highest BCUT2D eigenvalue weighted by Crippen LogP contribution is 2.47. The summed E-state index contributed by atoms with van der Waals surface area (Å²) in [7, 11) is 1.71. The monoisotopic (exact) mass is 340 g/mol. The lowest BCUT2D eigenvalue weighted by atomic mass is 9.75. The van der Waals surface area contributed by atoms with Crippen LogP contribution in [0.4, 0.5) is 5.95 Å². The molecule has 4 aliphatic heterocycles. The van der Waals surface area contributed by atoms with Crippen LogP contribution in [0.3, 0.4) is 0 Å². The molecule has 0 saturated carbocycles. The number of nitrogens with zero attached hydrogens (tertiary/aromatic N) is 4. The Bertz CT molecular complexity index is 751. The Kier molecular flexibility index (Phi) is 3.48. The molecule has 5 heterocycles. The molecule has 0 spiro atoms. The Morgan fingerprint density at radius 1 is 1.12 bits per heavy atom. The van der Waals surface area contributed by atoms with Crippen molar-refractivity contribution in [1.29, 1.82) is 0 Å². The third-order valence-electron chi connectivity index (χ3n) is 6.31. The number of fused-ring (bicyclic) bond motifs is 2. The van der Waals surface area contributed by atoms with E-state index in [1.54, 1.807) is 7.11 Å². The molecule has 4 saturated heterocycles. The molecule has 2 aromatic rings. The molecule has 0 amide bonds. The molecule has 4 fully saturated rings. The average molecular weight is 340 g/mol. The van der Waals surface area contributed by atoms with Crippen LogP contribution in [0.2, 0.25) is 0 Å². The number of anilines is 1. The largest absolute Gasteiger partial charge is 0.497 e. The number of hydrogen-bond acceptors (Lipinski definition) is 6. The summed E-state index contributed by atoms with van der Waals surface area (Å²) in [5, 5.41) is 4.23. The SMILES string of the molecule is COc1ccc(C2CN(c3noc(C)n3)C3C4CCN(CC4)C23)cc1. The fraction of sp³-hybridized carbons (Fsp3) is 0.579. The highest BCUT2D eigenvalue weighted by molar-refractivity contribution is 5.42. The molecule has 2 bridgehead atoms. The zero-order valence-corrected chi connectivity index (χ0v) is 14.8. The van der Waals surface area contributed by atoms with Gasteiger partial charge in [-0.15, -0.1) is 0 Å². The Balaban J connectivity index is 1.53. The molecule has 6 heteroatoms. The predicted octanol–water partition coefficient (Wildman–Crippen LogP) is 2.45. The van der Waals surface area contributed by atoms with E-state index in [2.05, 4.69) is 44.2 Å². The number of benzene rings is 1. The van der Waals surface area contributed by atoms with E-state index >= 15 is 0 Å². The maximum atomic E-state index is 5.33. The number of rotatable bonds is 3. The van der Waals surface area contributed by atoms with E-state index in [9.17, 15) is 0 Å². The van der Waals surface area contributed by atoms with Crippen molar-refractivity contribution in [3.05, 3.63) is 35.7 Å². The minimum atomic E-state index is 0.470. The lowest BCUT2D eigenvalue weighted by molar-refractivity contribution is 0.0352. The molecule has 0 aliphatic carbocycles. The fourth-order valence-corrected chi connectivity index (χ4v) is 5.20. The second-order valence-electron chi connectivity index (χ2n) is 7.50. The van der Waals surface area contributed by atoms with Crippen LogP contribution in [0.25, 0.3) is 0 Å². The molecule has 4 aliphatic rings. The minimum Gasteiger partial charge on any atom is -0.497 e. The van der Waals surface area contributed by atoms with Crippen LogP contribution in [0.5, 0.6) is 5.75 Å². The smallest absolute Gasteiger partial charge is 0.266 e. The van der Waals surface area contributed by atoms with Crippen molar-refractivity contribution in [2.45, 2.75) is 37.8 Å². The van der Waals surface area contributed by atoms with Gasteiger partial charge in [0, 0.05) is 25.4 Å². The lowest BCUT2D eigenvalue weighted by Gasteiger charge is -2.51. The van der Waals surface area contributed by atoms with E-state index in [1.807, 2.05) is 6.92 Å². The summed E-state index contributed by atoms with van der Waals surface area (Å²) in [6.45, 7) is 5.25. The zero-order chi connectivity index (χ0) is 17.0. The Morgan fingerprint density at radius 2 is 1.88 bits per heavy atom. The average Bonchev–Trinajstić information content (AvgIpc) is 3.28. The quantitative estimate of drug-likeness (QED) is 0.855. The van der Waals surface area contributed by atoms with Crippen LogP contribution >= 0.6 is 0 Å². The van der Waals surface area contributed by atoms with Gasteiger partial charge in [-0.3, -0.25) is 4.90 Å². The molecular formula is C19H24N4O2. The van der Waals surface area contributed by atoms with Crippen molar-refractivity contribution in [2.24, 2.45) is 5.92 Å². The molecular weight excluding hydrogens is 316 g/mol. The summed E-state index contributed by atoms with van der Waals surface area (Å²) in [5.41, 5.74) is 1.38. The van der Waals surface area contributed by atoms with E-state index in [4.69, 9.17) is 9.26 Å². The molecule has 1 aromatic heterocycles. The highest BCUT2D eigenvalue weighted by atomic mass is 16.5. The maximum Gasteiger partial charge on any atom is 0.266 e. The molecule has 0 N–H and O–H groups in total. The highest BCUT2D eigenvalue weighted by Gasteiger charge is 2.54. The summed E-state index contributed by atoms with van der Waals surface area (Å²) in [6.07, 6.45) is 2.56. The van der Waals surface area contributed by atoms with Crippen molar-refractivity contribution in [3.8, 4) is 5.75 Å². The minimum absolute atomic E-state index is 0.470. The van der Waals surface area contributed by atoms with Crippen molar-refractivity contribution < 1.29 is 9.26 Å². The predicted molar refractivity (Wildman–Crippen MR) is 94.0 cm³/mol. The first-order valence-electron chi connectivity index (χ1n) is 9.19. The van der Waals surface area contributed by atoms with E-state index in [0.29, 0.717) is 23.9 Å². The van der Waals surface area contributed by atoms with Gasteiger partial charge in [0.1, 0.15) is 5.75 Å². The summed E-state index contributed by atoms with van der Waals surface area (Å²) >= 11 is 0. The molecule has 3 unspecified atom stereocenters. The number of hydrogen-bond donors (Lipinski definition) is 0. The standard InChI is InChI=1S/C19H24N4O2/c1-12-20-19(21-25-12)23-11-16(13-3-5-15(24-2)6-4-13)18-17(23)14-7-9-22(18)10-8-14/h3-6,14,16-18H,7-11H2,1-2H3. The van der Waals surface area contributed by atoms with E-state index in [0.717, 1.165) is 24.2 Å². The summed E-state index contributed by atoms with van der Waals surface area (Å²) in [5.74, 6) is 3.52. The normalized spacial score (nSPS) is 33.5. The van der Waals surface area contributed by atoms with E-state index in [1.165, 1.54) is 31.5 Å².